The van der Waals surface area contributed by atoms with Crippen molar-refractivity contribution in [3.05, 3.63) is 18.0 Å². The highest BCUT2D eigenvalue weighted by Gasteiger charge is 2.09. The molecule has 0 radical (unpaired) electrons. The van der Waals surface area contributed by atoms with Crippen LogP contribution >= 0.6 is 15.9 Å². The van der Waals surface area contributed by atoms with E-state index in [1.165, 1.54) is 12.0 Å². The first-order valence-corrected chi connectivity index (χ1v) is 6.70. The molecule has 1 aromatic heterocycles. The van der Waals surface area contributed by atoms with Crippen LogP contribution in [0.25, 0.3) is 0 Å². The number of aromatic nitrogens is 2. The van der Waals surface area contributed by atoms with Crippen LogP contribution in [0.5, 0.6) is 0 Å². The second kappa shape index (κ2) is 6.31. The molecular formula is C12H21BrN2. The van der Waals surface area contributed by atoms with Gasteiger partial charge in [0.15, 0.2) is 0 Å². The second-order valence-electron chi connectivity index (χ2n) is 4.41. The molecule has 0 saturated heterocycles. The number of hydrogen-bond donors (Lipinski definition) is 0. The lowest BCUT2D eigenvalue weighted by molar-refractivity contribution is 0.580. The van der Waals surface area contributed by atoms with Gasteiger partial charge in [-0.15, -0.1) is 0 Å². The van der Waals surface area contributed by atoms with Crippen LogP contribution in [0.3, 0.4) is 0 Å². The topological polar surface area (TPSA) is 17.8 Å². The third kappa shape index (κ3) is 4.37. The van der Waals surface area contributed by atoms with Crippen LogP contribution in [-0.4, -0.2) is 14.6 Å². The summed E-state index contributed by atoms with van der Waals surface area (Å²) in [5, 5.41) is 4.33. The molecule has 0 amide bonds. The average Bonchev–Trinajstić information content (AvgIpc) is 2.62. The predicted octanol–water partition coefficient (Wildman–Crippen LogP) is 3.65. The highest BCUT2D eigenvalue weighted by atomic mass is 79.9. The van der Waals surface area contributed by atoms with E-state index in [4.69, 9.17) is 0 Å². The minimum atomic E-state index is 0.618. The van der Waals surface area contributed by atoms with Gasteiger partial charge < -0.3 is 0 Å². The van der Waals surface area contributed by atoms with E-state index in [9.17, 15) is 0 Å². The summed E-state index contributed by atoms with van der Waals surface area (Å²) in [5.41, 5.74) is 1.36. The molecule has 1 atom stereocenters. The van der Waals surface area contributed by atoms with Crippen molar-refractivity contribution in [2.75, 3.05) is 0 Å². The van der Waals surface area contributed by atoms with Crippen LogP contribution in [0.2, 0.25) is 0 Å². The predicted molar refractivity (Wildman–Crippen MR) is 68.4 cm³/mol. The zero-order chi connectivity index (χ0) is 11.3. The lowest BCUT2D eigenvalue weighted by Crippen LogP contribution is -2.07. The molecule has 86 valence electrons. The largest absolute Gasteiger partial charge is 0.272 e. The molecule has 0 N–H and O–H groups in total. The van der Waals surface area contributed by atoms with Crippen molar-refractivity contribution in [3.63, 3.8) is 0 Å². The Hall–Kier alpha value is -0.310. The van der Waals surface area contributed by atoms with Gasteiger partial charge in [-0.25, -0.2) is 0 Å². The van der Waals surface area contributed by atoms with Gasteiger partial charge in [-0.05, 0) is 30.7 Å². The van der Waals surface area contributed by atoms with E-state index in [0.717, 1.165) is 19.4 Å². The van der Waals surface area contributed by atoms with Crippen molar-refractivity contribution in [2.24, 2.45) is 5.92 Å². The van der Waals surface area contributed by atoms with E-state index < -0.39 is 0 Å². The first-order chi connectivity index (χ1) is 7.13. The van der Waals surface area contributed by atoms with Gasteiger partial charge in [0.25, 0.3) is 0 Å². The number of hydrogen-bond acceptors (Lipinski definition) is 1. The van der Waals surface area contributed by atoms with Gasteiger partial charge in [0.2, 0.25) is 0 Å². The fourth-order valence-electron chi connectivity index (χ4n) is 1.52. The van der Waals surface area contributed by atoms with Crippen LogP contribution < -0.4 is 0 Å². The maximum atomic E-state index is 4.33. The SMILES string of the molecule is CCCn1cc(CCC(Br)C(C)C)cn1. The molecule has 0 aliphatic heterocycles. The molecule has 0 bridgehead atoms. The minimum absolute atomic E-state index is 0.618. The summed E-state index contributed by atoms with van der Waals surface area (Å²) in [4.78, 5) is 0.618. The fraction of sp³-hybridized carbons (Fsp3) is 0.750. The third-order valence-corrected chi connectivity index (χ3v) is 4.09. The molecule has 3 heteroatoms. The Labute approximate surface area is 101 Å². The molecule has 0 fully saturated rings. The maximum Gasteiger partial charge on any atom is 0.0521 e. The molecule has 15 heavy (non-hydrogen) atoms. The van der Waals surface area contributed by atoms with Crippen LogP contribution in [0, 0.1) is 5.92 Å². The number of rotatable bonds is 6. The van der Waals surface area contributed by atoms with Crippen LogP contribution in [0.1, 0.15) is 39.2 Å². The number of alkyl halides is 1. The van der Waals surface area contributed by atoms with E-state index >= 15 is 0 Å². The Morgan fingerprint density at radius 1 is 1.47 bits per heavy atom. The van der Waals surface area contributed by atoms with Gasteiger partial charge in [0, 0.05) is 17.6 Å². The fourth-order valence-corrected chi connectivity index (χ4v) is 1.75. The molecule has 1 unspecified atom stereocenters. The molecule has 0 saturated carbocycles. The third-order valence-electron chi connectivity index (χ3n) is 2.57. The number of halogens is 1. The van der Waals surface area contributed by atoms with Crippen molar-refractivity contribution in [1.29, 1.82) is 0 Å². The summed E-state index contributed by atoms with van der Waals surface area (Å²) in [7, 11) is 0. The molecule has 1 rings (SSSR count). The first-order valence-electron chi connectivity index (χ1n) is 5.79. The Balaban J connectivity index is 2.37. The summed E-state index contributed by atoms with van der Waals surface area (Å²) in [6.07, 6.45) is 7.63. The number of nitrogens with zero attached hydrogens (tertiary/aromatic N) is 2. The summed E-state index contributed by atoms with van der Waals surface area (Å²) < 4.78 is 2.04. The Bertz CT molecular complexity index is 281. The summed E-state index contributed by atoms with van der Waals surface area (Å²) in [5.74, 6) is 0.704. The molecule has 0 aliphatic carbocycles. The van der Waals surface area contributed by atoms with Crippen molar-refractivity contribution >= 4 is 15.9 Å². The molecule has 1 aromatic rings. The van der Waals surface area contributed by atoms with Gasteiger partial charge in [-0.1, -0.05) is 36.7 Å². The monoisotopic (exact) mass is 272 g/mol. The van der Waals surface area contributed by atoms with E-state index in [-0.39, 0.29) is 0 Å². The number of aryl methyl sites for hydroxylation is 2. The van der Waals surface area contributed by atoms with Crippen LogP contribution in [0.15, 0.2) is 12.4 Å². The lowest BCUT2D eigenvalue weighted by Gasteiger charge is -2.12. The average molecular weight is 273 g/mol. The van der Waals surface area contributed by atoms with Gasteiger partial charge in [0.1, 0.15) is 0 Å². The molecular weight excluding hydrogens is 252 g/mol. The maximum absolute atomic E-state index is 4.33. The van der Waals surface area contributed by atoms with Crippen molar-refractivity contribution in [3.8, 4) is 0 Å². The summed E-state index contributed by atoms with van der Waals surface area (Å²) >= 11 is 3.71. The minimum Gasteiger partial charge on any atom is -0.272 e. The highest BCUT2D eigenvalue weighted by Crippen LogP contribution is 2.18. The zero-order valence-corrected chi connectivity index (χ0v) is 11.5. The molecule has 0 aromatic carbocycles. The quantitative estimate of drug-likeness (QED) is 0.723. The Kier molecular flexibility index (Phi) is 5.37. The normalized spacial score (nSPS) is 13.4. The van der Waals surface area contributed by atoms with Crippen LogP contribution in [-0.2, 0) is 13.0 Å². The Morgan fingerprint density at radius 3 is 2.80 bits per heavy atom. The summed E-state index contributed by atoms with van der Waals surface area (Å²) in [6, 6.07) is 0. The van der Waals surface area contributed by atoms with Gasteiger partial charge in [-0.3, -0.25) is 4.68 Å². The molecule has 0 spiro atoms. The first kappa shape index (κ1) is 12.8. The second-order valence-corrected chi connectivity index (χ2v) is 5.59. The molecule has 0 aliphatic rings. The van der Waals surface area contributed by atoms with E-state index in [0.29, 0.717) is 10.7 Å². The van der Waals surface area contributed by atoms with E-state index in [1.54, 1.807) is 0 Å². The van der Waals surface area contributed by atoms with Gasteiger partial charge in [-0.2, -0.15) is 5.10 Å². The van der Waals surface area contributed by atoms with Crippen molar-refractivity contribution in [1.82, 2.24) is 9.78 Å². The molecule has 1 heterocycles. The van der Waals surface area contributed by atoms with Crippen molar-refractivity contribution in [2.45, 2.75) is 51.4 Å². The smallest absolute Gasteiger partial charge is 0.0521 e. The van der Waals surface area contributed by atoms with Crippen LogP contribution in [0.4, 0.5) is 0 Å². The molecule has 2 nitrogen and oxygen atoms in total. The zero-order valence-electron chi connectivity index (χ0n) is 9.91. The standard InChI is InChI=1S/C12H21BrN2/c1-4-7-15-9-11(8-14-15)5-6-12(13)10(2)3/h8-10,12H,4-7H2,1-3H3. The Morgan fingerprint density at radius 2 is 2.20 bits per heavy atom. The highest BCUT2D eigenvalue weighted by molar-refractivity contribution is 9.09. The van der Waals surface area contributed by atoms with E-state index in [2.05, 4.69) is 48.0 Å². The lowest BCUT2D eigenvalue weighted by atomic mass is 10.0. The van der Waals surface area contributed by atoms with Gasteiger partial charge >= 0.3 is 0 Å². The summed E-state index contributed by atoms with van der Waals surface area (Å²) in [6.45, 7) is 7.70. The van der Waals surface area contributed by atoms with Crippen molar-refractivity contribution < 1.29 is 0 Å². The van der Waals surface area contributed by atoms with Gasteiger partial charge in [0.05, 0.1) is 6.20 Å². The van der Waals surface area contributed by atoms with E-state index in [1.807, 2.05) is 10.9 Å².